The number of hydrogen-bond acceptors (Lipinski definition) is 7. The van der Waals surface area contributed by atoms with E-state index in [1.54, 1.807) is 28.0 Å². The van der Waals surface area contributed by atoms with Crippen molar-refractivity contribution >= 4 is 34.3 Å². The van der Waals surface area contributed by atoms with Crippen LogP contribution < -0.4 is 5.32 Å². The van der Waals surface area contributed by atoms with E-state index in [-0.39, 0.29) is 17.5 Å². The van der Waals surface area contributed by atoms with Crippen LogP contribution in [0, 0.1) is 5.41 Å². The highest BCUT2D eigenvalue weighted by atomic mass is 32.2. The third-order valence-corrected chi connectivity index (χ3v) is 6.75. The minimum Gasteiger partial charge on any atom is -0.465 e. The summed E-state index contributed by atoms with van der Waals surface area (Å²) in [6, 6.07) is -0.0356. The van der Waals surface area contributed by atoms with Crippen LogP contribution in [-0.2, 0) is 5.75 Å². The van der Waals surface area contributed by atoms with E-state index < -0.39 is 6.09 Å². The maximum Gasteiger partial charge on any atom is 0.407 e. The lowest BCUT2D eigenvalue weighted by molar-refractivity contribution is 0.0519. The number of anilines is 1. The molecule has 1 fully saturated rings. The minimum absolute atomic E-state index is 0.0568. The van der Waals surface area contributed by atoms with Gasteiger partial charge < -0.3 is 15.3 Å². The molecule has 0 radical (unpaired) electrons. The van der Waals surface area contributed by atoms with Crippen molar-refractivity contribution in [2.45, 2.75) is 55.7 Å². The van der Waals surface area contributed by atoms with Crippen LogP contribution in [0.4, 0.5) is 9.93 Å². The summed E-state index contributed by atoms with van der Waals surface area (Å²) >= 11 is 3.30. The van der Waals surface area contributed by atoms with Gasteiger partial charge in [-0.05, 0) is 23.8 Å². The zero-order valence-corrected chi connectivity index (χ0v) is 17.4. The summed E-state index contributed by atoms with van der Waals surface area (Å²) in [4.78, 5) is 25.8. The van der Waals surface area contributed by atoms with Gasteiger partial charge in [-0.1, -0.05) is 32.1 Å². The van der Waals surface area contributed by atoms with E-state index in [4.69, 9.17) is 0 Å². The Kier molecular flexibility index (Phi) is 6.21. The first-order chi connectivity index (χ1) is 12.8. The molecule has 0 aliphatic carbocycles. The molecule has 1 aliphatic rings. The molecule has 27 heavy (non-hydrogen) atoms. The molecule has 2 aromatic rings. The Labute approximate surface area is 167 Å². The maximum absolute atomic E-state index is 11.7. The average Bonchev–Trinajstić information content (AvgIpc) is 3.07. The highest BCUT2D eigenvalue weighted by molar-refractivity contribution is 8.00. The average molecular weight is 408 g/mol. The van der Waals surface area contributed by atoms with Gasteiger partial charge in [-0.2, -0.15) is 0 Å². The molecule has 2 aromatic heterocycles. The Morgan fingerprint density at radius 2 is 2.11 bits per heavy atom. The third-order valence-electron chi connectivity index (χ3n) is 4.55. The fourth-order valence-electron chi connectivity index (χ4n) is 3.54. The van der Waals surface area contributed by atoms with Gasteiger partial charge in [-0.15, -0.1) is 11.8 Å². The third kappa shape index (κ3) is 5.10. The number of carbonyl (C=O) groups is 1. The number of nitrogens with zero attached hydrogens (tertiary/aromatic N) is 4. The van der Waals surface area contributed by atoms with Gasteiger partial charge in [0.1, 0.15) is 6.33 Å². The molecule has 1 aliphatic heterocycles. The van der Waals surface area contributed by atoms with Gasteiger partial charge in [0.2, 0.25) is 0 Å². The lowest BCUT2D eigenvalue weighted by Crippen LogP contribution is -2.58. The molecule has 0 saturated carbocycles. The van der Waals surface area contributed by atoms with Crippen molar-refractivity contribution in [3.8, 4) is 0 Å². The van der Waals surface area contributed by atoms with E-state index in [0.717, 1.165) is 33.5 Å². The van der Waals surface area contributed by atoms with Crippen LogP contribution in [0.25, 0.3) is 0 Å². The first-order valence-corrected chi connectivity index (χ1v) is 10.7. The molecule has 1 saturated heterocycles. The Hall–Kier alpha value is -1.87. The van der Waals surface area contributed by atoms with Gasteiger partial charge in [-0.25, -0.2) is 19.7 Å². The Morgan fingerprint density at radius 1 is 1.37 bits per heavy atom. The molecule has 0 bridgehead atoms. The van der Waals surface area contributed by atoms with Gasteiger partial charge in [0, 0.05) is 30.7 Å². The maximum atomic E-state index is 11.7. The summed E-state index contributed by atoms with van der Waals surface area (Å²) < 4.78 is 1.11. The second kappa shape index (κ2) is 8.43. The molecule has 3 rings (SSSR count). The number of nitrogens with one attached hydrogen (secondary N) is 1. The molecule has 2 N–H and O–H groups in total. The van der Waals surface area contributed by atoms with Crippen LogP contribution in [-0.4, -0.2) is 49.7 Å². The number of hydrogen-bond donors (Lipinski definition) is 2. The van der Waals surface area contributed by atoms with Gasteiger partial charge in [0.25, 0.3) is 0 Å². The summed E-state index contributed by atoms with van der Waals surface area (Å²) in [5, 5.41) is 14.0. The fraction of sp³-hybridized carbons (Fsp3) is 0.556. The molecule has 2 unspecified atom stereocenters. The monoisotopic (exact) mass is 407 g/mol. The lowest BCUT2D eigenvalue weighted by atomic mass is 9.78. The van der Waals surface area contributed by atoms with Crippen molar-refractivity contribution in [1.82, 2.24) is 19.9 Å². The molecule has 3 heterocycles. The van der Waals surface area contributed by atoms with Gasteiger partial charge in [0.15, 0.2) is 5.13 Å². The lowest BCUT2D eigenvalue weighted by Gasteiger charge is -2.46. The normalized spacial score (nSPS) is 20.5. The Morgan fingerprint density at radius 3 is 2.78 bits per heavy atom. The molecular formula is C18H25N5O2S2. The van der Waals surface area contributed by atoms with E-state index in [9.17, 15) is 9.90 Å². The van der Waals surface area contributed by atoms with Gasteiger partial charge in [0.05, 0.1) is 16.4 Å². The van der Waals surface area contributed by atoms with E-state index in [2.05, 4.69) is 41.0 Å². The van der Waals surface area contributed by atoms with Gasteiger partial charge >= 0.3 is 6.09 Å². The van der Waals surface area contributed by atoms with E-state index in [1.165, 1.54) is 6.33 Å². The molecule has 9 heteroatoms. The highest BCUT2D eigenvalue weighted by Gasteiger charge is 2.42. The van der Waals surface area contributed by atoms with Crippen molar-refractivity contribution < 1.29 is 9.90 Å². The Balaban J connectivity index is 1.66. The fourth-order valence-corrected chi connectivity index (χ4v) is 5.39. The molecule has 1 amide bonds. The number of rotatable bonds is 5. The molecule has 0 spiro atoms. The number of piperidine rings is 1. The quantitative estimate of drug-likeness (QED) is 0.718. The summed E-state index contributed by atoms with van der Waals surface area (Å²) in [7, 11) is 0. The minimum atomic E-state index is -0.845. The van der Waals surface area contributed by atoms with Crippen molar-refractivity contribution in [1.29, 1.82) is 0 Å². The number of amides is 1. The molecule has 2 atom stereocenters. The first-order valence-electron chi connectivity index (χ1n) is 8.93. The summed E-state index contributed by atoms with van der Waals surface area (Å²) in [5.41, 5.74) is 0.918. The summed E-state index contributed by atoms with van der Waals surface area (Å²) in [5.74, 6) is 0.795. The van der Waals surface area contributed by atoms with Crippen LogP contribution in [0.3, 0.4) is 0 Å². The van der Waals surface area contributed by atoms with Crippen LogP contribution >= 0.6 is 23.1 Å². The SMILES string of the molecule is CC(C)(C)C1C(Nc2ncc(SCc3cncnc3)s2)CCCN1C(=O)O. The molecular weight excluding hydrogens is 382 g/mol. The topological polar surface area (TPSA) is 91.2 Å². The number of thiazole rings is 1. The van der Waals surface area contributed by atoms with Crippen molar-refractivity contribution in [3.05, 3.63) is 30.5 Å². The van der Waals surface area contributed by atoms with E-state index >= 15 is 0 Å². The second-order valence-corrected chi connectivity index (χ2v) is 10.0. The van der Waals surface area contributed by atoms with Gasteiger partial charge in [-0.3, -0.25) is 0 Å². The largest absolute Gasteiger partial charge is 0.465 e. The molecule has 146 valence electrons. The van der Waals surface area contributed by atoms with Crippen molar-refractivity contribution in [2.75, 3.05) is 11.9 Å². The standard InChI is InChI=1S/C18H25N5O2S2/c1-18(2,3)15-13(5-4-6-23(15)17(24)25)22-16-21-9-14(27-16)26-10-12-7-19-11-20-8-12/h7-9,11,13,15H,4-6,10H2,1-3H3,(H,21,22)(H,24,25). The van der Waals surface area contributed by atoms with Crippen molar-refractivity contribution in [2.24, 2.45) is 5.41 Å². The number of aromatic nitrogens is 3. The van der Waals surface area contributed by atoms with Crippen LogP contribution in [0.15, 0.2) is 29.1 Å². The molecule has 0 aromatic carbocycles. The summed E-state index contributed by atoms with van der Waals surface area (Å²) in [6.45, 7) is 6.88. The number of thioether (sulfide) groups is 1. The number of likely N-dealkylation sites (tertiary alicyclic amines) is 1. The predicted octanol–water partition coefficient (Wildman–Crippen LogP) is 4.19. The zero-order valence-electron chi connectivity index (χ0n) is 15.8. The number of carboxylic acid groups (broad SMARTS) is 1. The smallest absolute Gasteiger partial charge is 0.407 e. The van der Waals surface area contributed by atoms with Crippen LogP contribution in [0.1, 0.15) is 39.2 Å². The second-order valence-electron chi connectivity index (χ2n) is 7.70. The Bertz CT molecular complexity index is 763. The molecule has 7 nitrogen and oxygen atoms in total. The van der Waals surface area contributed by atoms with E-state index in [1.807, 2.05) is 18.6 Å². The van der Waals surface area contributed by atoms with Crippen LogP contribution in [0.2, 0.25) is 0 Å². The van der Waals surface area contributed by atoms with E-state index in [0.29, 0.717) is 6.54 Å². The zero-order chi connectivity index (χ0) is 19.4. The van der Waals surface area contributed by atoms with Crippen LogP contribution in [0.5, 0.6) is 0 Å². The van der Waals surface area contributed by atoms with Crippen molar-refractivity contribution in [3.63, 3.8) is 0 Å². The highest BCUT2D eigenvalue weighted by Crippen LogP contribution is 2.36. The first kappa shape index (κ1) is 19.9. The summed E-state index contributed by atoms with van der Waals surface area (Å²) in [6.07, 6.45) is 7.98. The predicted molar refractivity (Wildman–Crippen MR) is 108 cm³/mol.